The monoisotopic (exact) mass is 299 g/mol. The number of para-hydroxylation sites is 2. The zero-order valence-corrected chi connectivity index (χ0v) is 12.9. The summed E-state index contributed by atoms with van der Waals surface area (Å²) in [5.74, 6) is 0. The molecule has 0 saturated carbocycles. The summed E-state index contributed by atoms with van der Waals surface area (Å²) in [6, 6.07) is 27.2. The smallest absolute Gasteiger partial charge is 0.134 e. The first-order valence-electron chi connectivity index (χ1n) is 7.71. The van der Waals surface area contributed by atoms with E-state index >= 15 is 0 Å². The first-order chi connectivity index (χ1) is 11.3. The van der Waals surface area contributed by atoms with Gasteiger partial charge in [0.2, 0.25) is 0 Å². The van der Waals surface area contributed by atoms with Crippen molar-refractivity contribution in [2.24, 2.45) is 0 Å². The van der Waals surface area contributed by atoms with Crippen LogP contribution in [0.3, 0.4) is 0 Å². The van der Waals surface area contributed by atoms with Crippen LogP contribution in [0.15, 0.2) is 89.5 Å². The van der Waals surface area contributed by atoms with Gasteiger partial charge in [0.15, 0.2) is 0 Å². The molecule has 1 heterocycles. The van der Waals surface area contributed by atoms with Gasteiger partial charge in [-0.05, 0) is 55.0 Å². The van der Waals surface area contributed by atoms with Crippen LogP contribution in [0, 0.1) is 6.92 Å². The van der Waals surface area contributed by atoms with E-state index in [4.69, 9.17) is 4.42 Å². The molecule has 0 unspecified atom stereocenters. The Bertz CT molecular complexity index is 886. The molecule has 0 radical (unpaired) electrons. The molecule has 0 atom stereocenters. The Morgan fingerprint density at radius 1 is 0.696 bits per heavy atom. The molecule has 0 amide bonds. The van der Waals surface area contributed by atoms with Gasteiger partial charge >= 0.3 is 0 Å². The van der Waals surface area contributed by atoms with E-state index in [2.05, 4.69) is 72.5 Å². The molecule has 0 N–H and O–H groups in total. The van der Waals surface area contributed by atoms with Gasteiger partial charge in [0.25, 0.3) is 0 Å². The SMILES string of the molecule is Cc1coc2ccc(N(c3ccccc3)c3ccccc3)cc12. The van der Waals surface area contributed by atoms with E-state index in [9.17, 15) is 0 Å². The molecule has 3 aromatic carbocycles. The van der Waals surface area contributed by atoms with E-state index in [0.717, 1.165) is 33.6 Å². The van der Waals surface area contributed by atoms with E-state index in [1.807, 2.05) is 24.5 Å². The van der Waals surface area contributed by atoms with E-state index < -0.39 is 0 Å². The molecule has 2 heteroatoms. The number of anilines is 3. The molecule has 0 fully saturated rings. The Balaban J connectivity index is 1.91. The number of fused-ring (bicyclic) bond motifs is 1. The minimum atomic E-state index is 0.923. The lowest BCUT2D eigenvalue weighted by Gasteiger charge is -2.25. The van der Waals surface area contributed by atoms with Crippen LogP contribution in [0.1, 0.15) is 5.56 Å². The summed E-state index contributed by atoms with van der Waals surface area (Å²) in [5.41, 5.74) is 5.48. The number of hydrogen-bond donors (Lipinski definition) is 0. The third kappa shape index (κ3) is 2.49. The van der Waals surface area contributed by atoms with Crippen LogP contribution in [0.4, 0.5) is 17.1 Å². The Morgan fingerprint density at radius 3 is 1.91 bits per heavy atom. The summed E-state index contributed by atoms with van der Waals surface area (Å²) in [5, 5.41) is 1.15. The Kier molecular flexibility index (Phi) is 3.35. The molecule has 4 aromatic rings. The highest BCUT2D eigenvalue weighted by Crippen LogP contribution is 2.36. The molecule has 4 rings (SSSR count). The van der Waals surface area contributed by atoms with Crippen molar-refractivity contribution in [3.05, 3.63) is 90.7 Å². The standard InChI is InChI=1S/C21H17NO/c1-16-15-23-21-13-12-19(14-20(16)21)22(17-8-4-2-5-9-17)18-10-6-3-7-11-18/h2-15H,1H3. The fraction of sp³-hybridized carbons (Fsp3) is 0.0476. The predicted molar refractivity (Wildman–Crippen MR) is 95.6 cm³/mol. The van der Waals surface area contributed by atoms with Crippen molar-refractivity contribution in [1.82, 2.24) is 0 Å². The number of aryl methyl sites for hydroxylation is 1. The van der Waals surface area contributed by atoms with Gasteiger partial charge in [0.05, 0.1) is 6.26 Å². The Morgan fingerprint density at radius 2 is 1.30 bits per heavy atom. The maximum atomic E-state index is 5.58. The van der Waals surface area contributed by atoms with Gasteiger partial charge in [0, 0.05) is 22.4 Å². The first kappa shape index (κ1) is 13.6. The van der Waals surface area contributed by atoms with Crippen LogP contribution in [0.25, 0.3) is 11.0 Å². The van der Waals surface area contributed by atoms with Crippen molar-refractivity contribution in [2.75, 3.05) is 4.90 Å². The van der Waals surface area contributed by atoms with Gasteiger partial charge in [-0.25, -0.2) is 0 Å². The molecular formula is C21H17NO. The summed E-state index contributed by atoms with van der Waals surface area (Å²) < 4.78 is 5.58. The molecule has 0 saturated heterocycles. The van der Waals surface area contributed by atoms with Gasteiger partial charge in [-0.3, -0.25) is 0 Å². The van der Waals surface area contributed by atoms with Crippen LogP contribution >= 0.6 is 0 Å². The normalized spacial score (nSPS) is 10.8. The molecular weight excluding hydrogens is 282 g/mol. The summed E-state index contributed by atoms with van der Waals surface area (Å²) in [4.78, 5) is 2.26. The van der Waals surface area contributed by atoms with Gasteiger partial charge in [-0.1, -0.05) is 36.4 Å². The average Bonchev–Trinajstić information content (AvgIpc) is 2.98. The number of nitrogens with zero attached hydrogens (tertiary/aromatic N) is 1. The van der Waals surface area contributed by atoms with Crippen molar-refractivity contribution < 1.29 is 4.42 Å². The van der Waals surface area contributed by atoms with Crippen molar-refractivity contribution >= 4 is 28.0 Å². The number of hydrogen-bond acceptors (Lipinski definition) is 2. The molecule has 0 aliphatic rings. The highest BCUT2D eigenvalue weighted by Gasteiger charge is 2.13. The molecule has 0 spiro atoms. The van der Waals surface area contributed by atoms with Crippen LogP contribution in [0.2, 0.25) is 0 Å². The highest BCUT2D eigenvalue weighted by atomic mass is 16.3. The predicted octanol–water partition coefficient (Wildman–Crippen LogP) is 6.21. The minimum Gasteiger partial charge on any atom is -0.464 e. The molecule has 0 bridgehead atoms. The van der Waals surface area contributed by atoms with Crippen LogP contribution < -0.4 is 4.90 Å². The van der Waals surface area contributed by atoms with Crippen LogP contribution in [-0.2, 0) is 0 Å². The van der Waals surface area contributed by atoms with Crippen LogP contribution in [0.5, 0.6) is 0 Å². The zero-order valence-electron chi connectivity index (χ0n) is 12.9. The molecule has 112 valence electrons. The van der Waals surface area contributed by atoms with E-state index in [1.54, 1.807) is 0 Å². The topological polar surface area (TPSA) is 16.4 Å². The lowest BCUT2D eigenvalue weighted by atomic mass is 10.1. The second-order valence-corrected chi connectivity index (χ2v) is 5.61. The van der Waals surface area contributed by atoms with Crippen molar-refractivity contribution in [3.63, 3.8) is 0 Å². The maximum absolute atomic E-state index is 5.58. The lowest BCUT2D eigenvalue weighted by molar-refractivity contribution is 0.613. The first-order valence-corrected chi connectivity index (χ1v) is 7.71. The van der Waals surface area contributed by atoms with Crippen LogP contribution in [-0.4, -0.2) is 0 Å². The minimum absolute atomic E-state index is 0.923. The zero-order chi connectivity index (χ0) is 15.6. The second kappa shape index (κ2) is 5.65. The third-order valence-corrected chi connectivity index (χ3v) is 4.04. The van der Waals surface area contributed by atoms with E-state index in [1.165, 1.54) is 0 Å². The van der Waals surface area contributed by atoms with E-state index in [-0.39, 0.29) is 0 Å². The number of rotatable bonds is 3. The number of benzene rings is 3. The maximum Gasteiger partial charge on any atom is 0.134 e. The summed E-state index contributed by atoms with van der Waals surface area (Å²) in [6.45, 7) is 2.07. The van der Waals surface area contributed by atoms with E-state index in [0.29, 0.717) is 0 Å². The fourth-order valence-corrected chi connectivity index (χ4v) is 2.88. The lowest BCUT2D eigenvalue weighted by Crippen LogP contribution is -2.09. The molecule has 0 aliphatic heterocycles. The van der Waals surface area contributed by atoms with Crippen molar-refractivity contribution in [1.29, 1.82) is 0 Å². The Hall–Kier alpha value is -3.00. The average molecular weight is 299 g/mol. The number of furan rings is 1. The molecule has 1 aromatic heterocycles. The fourth-order valence-electron chi connectivity index (χ4n) is 2.88. The quantitative estimate of drug-likeness (QED) is 0.447. The Labute approximate surface area is 135 Å². The van der Waals surface area contributed by atoms with Crippen molar-refractivity contribution in [2.45, 2.75) is 6.92 Å². The molecule has 23 heavy (non-hydrogen) atoms. The molecule has 2 nitrogen and oxygen atoms in total. The summed E-state index contributed by atoms with van der Waals surface area (Å²) >= 11 is 0. The van der Waals surface area contributed by atoms with Gasteiger partial charge in [0.1, 0.15) is 5.58 Å². The summed E-state index contributed by atoms with van der Waals surface area (Å²) in [7, 11) is 0. The molecule has 0 aliphatic carbocycles. The van der Waals surface area contributed by atoms with Gasteiger partial charge in [-0.15, -0.1) is 0 Å². The highest BCUT2D eigenvalue weighted by molar-refractivity contribution is 5.88. The third-order valence-electron chi connectivity index (χ3n) is 4.04. The van der Waals surface area contributed by atoms with Gasteiger partial charge < -0.3 is 9.32 Å². The van der Waals surface area contributed by atoms with Gasteiger partial charge in [-0.2, -0.15) is 0 Å². The second-order valence-electron chi connectivity index (χ2n) is 5.61. The van der Waals surface area contributed by atoms with Crippen molar-refractivity contribution in [3.8, 4) is 0 Å². The largest absolute Gasteiger partial charge is 0.464 e. The summed E-state index contributed by atoms with van der Waals surface area (Å²) in [6.07, 6.45) is 1.81.